The summed E-state index contributed by atoms with van der Waals surface area (Å²) < 4.78 is 36.2. The summed E-state index contributed by atoms with van der Waals surface area (Å²) in [5, 5.41) is 0. The zero-order valence-corrected chi connectivity index (χ0v) is 22.7. The maximum Gasteiger partial charge on any atom is 0.311 e. The Bertz CT molecular complexity index is 635. The Morgan fingerprint density at radius 3 is 1.58 bits per heavy atom. The molecule has 0 bridgehead atoms. The third-order valence-electron chi connectivity index (χ3n) is 7.14. The van der Waals surface area contributed by atoms with Crippen LogP contribution in [0.4, 0.5) is 0 Å². The van der Waals surface area contributed by atoms with Crippen molar-refractivity contribution in [3.8, 4) is 0 Å². The van der Waals surface area contributed by atoms with Crippen LogP contribution in [0.3, 0.4) is 0 Å². The first-order chi connectivity index (χ1) is 15.1. The number of hydrogen-bond donors (Lipinski definition) is 0. The van der Waals surface area contributed by atoms with Crippen molar-refractivity contribution in [3.05, 3.63) is 0 Å². The van der Waals surface area contributed by atoms with Crippen LogP contribution in [0.25, 0.3) is 0 Å². The molecule has 0 aliphatic carbocycles. The van der Waals surface area contributed by atoms with Gasteiger partial charge in [0, 0.05) is 10.8 Å². The lowest BCUT2D eigenvalue weighted by Gasteiger charge is -2.49. The molecule has 7 heteroatoms. The van der Waals surface area contributed by atoms with Gasteiger partial charge in [-0.3, -0.25) is 4.79 Å². The molecule has 0 atom stereocenters. The summed E-state index contributed by atoms with van der Waals surface area (Å²) in [6.07, 6.45) is 0.872. The molecule has 0 radical (unpaired) electrons. The molecule has 2 rings (SSSR count). The topological polar surface area (TPSA) is 72.5 Å². The van der Waals surface area contributed by atoms with E-state index in [2.05, 4.69) is 34.6 Å². The van der Waals surface area contributed by atoms with E-state index in [1.165, 1.54) is 0 Å². The quantitative estimate of drug-likeness (QED) is 0.416. The molecule has 2 heterocycles. The van der Waals surface area contributed by atoms with Gasteiger partial charge in [-0.25, -0.2) is 0 Å². The fraction of sp³-hybridized carbons (Fsp3) is 0.962. The van der Waals surface area contributed by atoms with Gasteiger partial charge in [0.15, 0.2) is 12.6 Å². The predicted molar refractivity (Wildman–Crippen MR) is 127 cm³/mol. The van der Waals surface area contributed by atoms with E-state index < -0.39 is 17.1 Å². The number of carbonyl (C=O) groups is 1. The molecular formula is C26H48O7. The van der Waals surface area contributed by atoms with E-state index in [1.54, 1.807) is 0 Å². The predicted octanol–water partition coefficient (Wildman–Crippen LogP) is 4.96. The van der Waals surface area contributed by atoms with Gasteiger partial charge < -0.3 is 28.4 Å². The van der Waals surface area contributed by atoms with Gasteiger partial charge >= 0.3 is 5.97 Å². The van der Waals surface area contributed by atoms with Gasteiger partial charge in [0.2, 0.25) is 0 Å². The highest BCUT2D eigenvalue weighted by atomic mass is 16.7. The third-order valence-corrected chi connectivity index (χ3v) is 7.14. The first-order valence-corrected chi connectivity index (χ1v) is 12.4. The molecule has 2 saturated heterocycles. The van der Waals surface area contributed by atoms with Crippen molar-refractivity contribution in [1.82, 2.24) is 0 Å². The number of rotatable bonds is 10. The van der Waals surface area contributed by atoms with Crippen LogP contribution in [0.1, 0.15) is 82.1 Å². The minimum atomic E-state index is -0.493. The average molecular weight is 473 g/mol. The zero-order valence-electron chi connectivity index (χ0n) is 22.7. The largest absolute Gasteiger partial charge is 0.465 e. The van der Waals surface area contributed by atoms with Gasteiger partial charge in [-0.1, -0.05) is 41.5 Å². The minimum absolute atomic E-state index is 0.166. The molecule has 7 nitrogen and oxygen atoms in total. The summed E-state index contributed by atoms with van der Waals surface area (Å²) in [4.78, 5) is 12.4. The Morgan fingerprint density at radius 1 is 0.758 bits per heavy atom. The second-order valence-electron chi connectivity index (χ2n) is 12.6. The highest BCUT2D eigenvalue weighted by molar-refractivity contribution is 5.75. The number of esters is 1. The fourth-order valence-electron chi connectivity index (χ4n) is 3.47. The first-order valence-electron chi connectivity index (χ1n) is 12.4. The maximum absolute atomic E-state index is 12.4. The molecule has 0 amide bonds. The molecule has 0 aromatic carbocycles. The van der Waals surface area contributed by atoms with Gasteiger partial charge in [-0.05, 0) is 40.5 Å². The fourth-order valence-corrected chi connectivity index (χ4v) is 3.47. The van der Waals surface area contributed by atoms with Crippen LogP contribution >= 0.6 is 0 Å². The van der Waals surface area contributed by atoms with Crippen molar-refractivity contribution in [3.63, 3.8) is 0 Å². The van der Waals surface area contributed by atoms with Gasteiger partial charge in [-0.15, -0.1) is 0 Å². The molecule has 0 unspecified atom stereocenters. The Labute approximate surface area is 201 Å². The molecule has 0 aromatic heterocycles. The molecule has 1 spiro atoms. The lowest BCUT2D eigenvalue weighted by atomic mass is 9.86. The molecule has 0 N–H and O–H groups in total. The number of carbonyl (C=O) groups excluding carboxylic acids is 1. The summed E-state index contributed by atoms with van der Waals surface area (Å²) in [7, 11) is 0. The molecular weight excluding hydrogens is 424 g/mol. The van der Waals surface area contributed by atoms with Crippen LogP contribution in [0.15, 0.2) is 0 Å². The van der Waals surface area contributed by atoms with Crippen molar-refractivity contribution >= 4 is 5.97 Å². The van der Waals surface area contributed by atoms with Gasteiger partial charge in [-0.2, -0.15) is 0 Å². The molecule has 0 saturated carbocycles. The molecule has 33 heavy (non-hydrogen) atoms. The molecule has 2 fully saturated rings. The van der Waals surface area contributed by atoms with Crippen LogP contribution in [-0.4, -0.2) is 63.8 Å². The van der Waals surface area contributed by atoms with Crippen molar-refractivity contribution in [2.75, 3.05) is 39.6 Å². The van der Waals surface area contributed by atoms with E-state index in [1.807, 2.05) is 34.6 Å². The average Bonchev–Trinajstić information content (AvgIpc) is 2.77. The highest BCUT2D eigenvalue weighted by Gasteiger charge is 2.48. The second kappa shape index (κ2) is 10.5. The van der Waals surface area contributed by atoms with Crippen molar-refractivity contribution < 1.29 is 33.2 Å². The van der Waals surface area contributed by atoms with Gasteiger partial charge in [0.05, 0.1) is 49.5 Å². The summed E-state index contributed by atoms with van der Waals surface area (Å²) in [6.45, 7) is 23.1. The molecule has 2 aliphatic heterocycles. The standard InChI is InChI=1S/C26H48O7/c1-11-22(3,4)19(27)28-13-23(5,6)20-29-15-26(16-30-20)17-31-21(32-18-26)24(7,8)14-33-25(9,10)12-2/h20-21H,11-18H2,1-10H3. The molecule has 0 aromatic rings. The van der Waals surface area contributed by atoms with Crippen molar-refractivity contribution in [2.24, 2.45) is 21.7 Å². The smallest absolute Gasteiger partial charge is 0.311 e. The monoisotopic (exact) mass is 472 g/mol. The lowest BCUT2D eigenvalue weighted by molar-refractivity contribution is -0.338. The molecule has 194 valence electrons. The van der Waals surface area contributed by atoms with E-state index in [4.69, 9.17) is 28.4 Å². The minimum Gasteiger partial charge on any atom is -0.465 e. The normalized spacial score (nSPS) is 27.6. The number of ether oxygens (including phenoxy) is 6. The first kappa shape index (κ1) is 28.5. The van der Waals surface area contributed by atoms with E-state index in [0.717, 1.165) is 12.8 Å². The van der Waals surface area contributed by atoms with Crippen LogP contribution in [-0.2, 0) is 33.2 Å². The Kier molecular flexibility index (Phi) is 9.06. The highest BCUT2D eigenvalue weighted by Crippen LogP contribution is 2.39. The van der Waals surface area contributed by atoms with Gasteiger partial charge in [0.25, 0.3) is 0 Å². The summed E-state index contributed by atoms with van der Waals surface area (Å²) in [6, 6.07) is 0. The maximum atomic E-state index is 12.4. The Morgan fingerprint density at radius 2 is 1.18 bits per heavy atom. The van der Waals surface area contributed by atoms with Crippen LogP contribution < -0.4 is 0 Å². The lowest BCUT2D eigenvalue weighted by Crippen LogP contribution is -2.57. The van der Waals surface area contributed by atoms with Crippen LogP contribution in [0.5, 0.6) is 0 Å². The summed E-state index contributed by atoms with van der Waals surface area (Å²) >= 11 is 0. The summed E-state index contributed by atoms with van der Waals surface area (Å²) in [5.41, 5.74) is -1.73. The van der Waals surface area contributed by atoms with Crippen molar-refractivity contribution in [1.29, 1.82) is 0 Å². The van der Waals surface area contributed by atoms with E-state index in [0.29, 0.717) is 33.0 Å². The zero-order chi connectivity index (χ0) is 25.1. The van der Waals surface area contributed by atoms with Crippen LogP contribution in [0.2, 0.25) is 0 Å². The summed E-state index contributed by atoms with van der Waals surface area (Å²) in [5.74, 6) is -0.195. The van der Waals surface area contributed by atoms with E-state index in [-0.39, 0.29) is 35.3 Å². The Balaban J connectivity index is 1.84. The van der Waals surface area contributed by atoms with Gasteiger partial charge in [0.1, 0.15) is 6.61 Å². The molecule has 2 aliphatic rings. The number of hydrogen-bond acceptors (Lipinski definition) is 7. The SMILES string of the molecule is CCC(C)(C)OCC(C)(C)C1OCC2(COC(C(C)(C)COC(=O)C(C)(C)CC)OC2)CO1. The van der Waals surface area contributed by atoms with Crippen molar-refractivity contribution in [2.45, 2.75) is 100 Å². The Hall–Kier alpha value is -0.730. The van der Waals surface area contributed by atoms with E-state index in [9.17, 15) is 4.79 Å². The third kappa shape index (κ3) is 7.38. The second-order valence-corrected chi connectivity index (χ2v) is 12.6. The van der Waals surface area contributed by atoms with E-state index >= 15 is 0 Å². The van der Waals surface area contributed by atoms with Crippen LogP contribution in [0, 0.1) is 21.7 Å².